The van der Waals surface area contributed by atoms with E-state index in [0.717, 1.165) is 55.9 Å². The van der Waals surface area contributed by atoms with Crippen LogP contribution in [0.4, 0.5) is 5.69 Å². The molecule has 0 aliphatic carbocycles. The molecular formula is C29H27N3O2. The number of hydrogen-bond acceptors (Lipinski definition) is 4. The largest absolute Gasteiger partial charge is 0.508 e. The van der Waals surface area contributed by atoms with E-state index >= 15 is 0 Å². The summed E-state index contributed by atoms with van der Waals surface area (Å²) in [5, 5.41) is 19.1. The third-order valence-corrected chi connectivity index (χ3v) is 6.11. The van der Waals surface area contributed by atoms with E-state index in [1.165, 1.54) is 0 Å². The van der Waals surface area contributed by atoms with E-state index < -0.39 is 0 Å². The number of nitrogens with zero attached hydrogens (tertiary/aromatic N) is 2. The second-order valence-corrected chi connectivity index (χ2v) is 8.80. The lowest BCUT2D eigenvalue weighted by Gasteiger charge is -2.27. The minimum atomic E-state index is -0.0976. The van der Waals surface area contributed by atoms with Crippen molar-refractivity contribution in [2.24, 2.45) is 7.05 Å². The summed E-state index contributed by atoms with van der Waals surface area (Å²) in [6, 6.07) is 17.9. The molecule has 0 saturated heterocycles. The molecule has 0 saturated carbocycles. The number of aryl methyl sites for hydroxylation is 2. The van der Waals surface area contributed by atoms with Gasteiger partial charge in [0.05, 0.1) is 11.6 Å². The Balaban J connectivity index is 1.53. The first-order valence-corrected chi connectivity index (χ1v) is 11.2. The number of anilines is 1. The van der Waals surface area contributed by atoms with Crippen molar-refractivity contribution in [1.29, 1.82) is 0 Å². The molecule has 5 heteroatoms. The zero-order valence-electron chi connectivity index (χ0n) is 19.6. The number of aliphatic hydroxyl groups excluding tert-OH is 1. The van der Waals surface area contributed by atoms with Crippen LogP contribution in [0.2, 0.25) is 0 Å². The van der Waals surface area contributed by atoms with Gasteiger partial charge < -0.3 is 15.2 Å². The number of aromatic nitrogens is 2. The molecule has 3 aromatic carbocycles. The van der Waals surface area contributed by atoms with Gasteiger partial charge in [0.25, 0.3) is 0 Å². The molecule has 2 heterocycles. The van der Waals surface area contributed by atoms with Crippen molar-refractivity contribution >= 4 is 33.7 Å². The van der Waals surface area contributed by atoms with Gasteiger partial charge in [-0.2, -0.15) is 5.10 Å². The van der Waals surface area contributed by atoms with Crippen LogP contribution in [0.3, 0.4) is 0 Å². The Bertz CT molecular complexity index is 1490. The number of ether oxygens (including phenoxy) is 1. The Hall–Kier alpha value is -4.25. The smallest absolute Gasteiger partial charge is 0.140 e. The van der Waals surface area contributed by atoms with Crippen LogP contribution in [-0.2, 0) is 7.05 Å². The monoisotopic (exact) mass is 449 g/mol. The van der Waals surface area contributed by atoms with Crippen LogP contribution in [0.5, 0.6) is 5.75 Å². The molecule has 170 valence electrons. The van der Waals surface area contributed by atoms with Gasteiger partial charge in [-0.15, -0.1) is 0 Å². The lowest BCUT2D eigenvalue weighted by atomic mass is 9.93. The van der Waals surface area contributed by atoms with Crippen molar-refractivity contribution in [3.8, 4) is 5.75 Å². The van der Waals surface area contributed by atoms with Gasteiger partial charge in [-0.05, 0) is 55.3 Å². The normalized spacial score (nSPS) is 13.7. The number of rotatable bonds is 5. The molecule has 1 aliphatic rings. The zero-order valence-corrected chi connectivity index (χ0v) is 19.6. The number of aliphatic hydroxyl groups is 1. The Kier molecular flexibility index (Phi) is 5.25. The Morgan fingerprint density at radius 1 is 1.15 bits per heavy atom. The van der Waals surface area contributed by atoms with E-state index in [2.05, 4.69) is 55.6 Å². The van der Waals surface area contributed by atoms with Crippen LogP contribution in [0.15, 0.2) is 80.0 Å². The van der Waals surface area contributed by atoms with Gasteiger partial charge in [0.1, 0.15) is 17.3 Å². The van der Waals surface area contributed by atoms with Crippen LogP contribution in [-0.4, -0.2) is 14.9 Å². The SMILES string of the molecule is C=C(O)c1ccccc1NC(C)c1cc(C)cc2c1OC(c1ccc3cn(C)nc3c1)=CC2=C. The number of allylic oxidation sites excluding steroid dienone is 2. The van der Waals surface area contributed by atoms with Crippen molar-refractivity contribution in [2.75, 3.05) is 5.32 Å². The van der Waals surface area contributed by atoms with E-state index in [-0.39, 0.29) is 11.8 Å². The summed E-state index contributed by atoms with van der Waals surface area (Å²) in [7, 11) is 1.92. The molecule has 4 aromatic rings. The summed E-state index contributed by atoms with van der Waals surface area (Å²) in [5.41, 5.74) is 7.37. The molecule has 1 unspecified atom stereocenters. The maximum atomic E-state index is 10.0. The maximum absolute atomic E-state index is 10.0. The highest BCUT2D eigenvalue weighted by atomic mass is 16.5. The van der Waals surface area contributed by atoms with E-state index in [1.807, 2.05) is 60.4 Å². The average molecular weight is 450 g/mol. The van der Waals surface area contributed by atoms with Crippen LogP contribution >= 0.6 is 0 Å². The van der Waals surface area contributed by atoms with Gasteiger partial charge in [-0.3, -0.25) is 4.68 Å². The highest BCUT2D eigenvalue weighted by Crippen LogP contribution is 2.42. The highest BCUT2D eigenvalue weighted by Gasteiger charge is 2.24. The van der Waals surface area contributed by atoms with Crippen molar-refractivity contribution in [2.45, 2.75) is 19.9 Å². The number of fused-ring (bicyclic) bond motifs is 2. The van der Waals surface area contributed by atoms with Gasteiger partial charge in [-0.1, -0.05) is 43.5 Å². The summed E-state index contributed by atoms with van der Waals surface area (Å²) in [6.45, 7) is 12.2. The molecule has 0 bridgehead atoms. The van der Waals surface area contributed by atoms with Crippen LogP contribution in [0.1, 0.15) is 40.8 Å². The van der Waals surface area contributed by atoms with Crippen LogP contribution in [0, 0.1) is 6.92 Å². The van der Waals surface area contributed by atoms with Gasteiger partial charge in [0.15, 0.2) is 0 Å². The molecule has 0 fully saturated rings. The standard InChI is InChI=1S/C29H27N3O2/c1-17-12-24-18(2)14-28(21-10-11-22-16-32(5)31-27(22)15-21)34-29(24)25(13-17)19(3)30-26-9-7-6-8-23(26)20(4)33/h6-16,19,30,33H,2,4H2,1,3,5H3. The molecule has 0 spiro atoms. The first kappa shape index (κ1) is 21.6. The Labute approximate surface area is 199 Å². The minimum Gasteiger partial charge on any atom is -0.508 e. The predicted molar refractivity (Wildman–Crippen MR) is 140 cm³/mol. The minimum absolute atomic E-state index is 0.0290. The first-order valence-electron chi connectivity index (χ1n) is 11.2. The maximum Gasteiger partial charge on any atom is 0.140 e. The van der Waals surface area contributed by atoms with Gasteiger partial charge >= 0.3 is 0 Å². The molecule has 1 atom stereocenters. The summed E-state index contributed by atoms with van der Waals surface area (Å²) >= 11 is 0. The van der Waals surface area contributed by atoms with Gasteiger partial charge in [0, 0.05) is 46.6 Å². The fraction of sp³-hybridized carbons (Fsp3) is 0.138. The third-order valence-electron chi connectivity index (χ3n) is 6.11. The third kappa shape index (κ3) is 3.86. The molecule has 5 nitrogen and oxygen atoms in total. The Morgan fingerprint density at radius 3 is 2.74 bits per heavy atom. The highest BCUT2D eigenvalue weighted by molar-refractivity contribution is 5.90. The second kappa shape index (κ2) is 8.27. The van der Waals surface area contributed by atoms with Crippen molar-refractivity contribution < 1.29 is 9.84 Å². The lowest BCUT2D eigenvalue weighted by Crippen LogP contribution is -2.13. The molecule has 0 amide bonds. The van der Waals surface area contributed by atoms with E-state index in [9.17, 15) is 5.11 Å². The Morgan fingerprint density at radius 2 is 1.94 bits per heavy atom. The molecule has 5 rings (SSSR count). The van der Waals surface area contributed by atoms with Crippen molar-refractivity contribution in [3.63, 3.8) is 0 Å². The number of benzene rings is 3. The van der Waals surface area contributed by atoms with E-state index in [1.54, 1.807) is 0 Å². The van der Waals surface area contributed by atoms with Crippen molar-refractivity contribution in [3.05, 3.63) is 108 Å². The summed E-state index contributed by atoms with van der Waals surface area (Å²) in [4.78, 5) is 0. The number of para-hydroxylation sites is 1. The summed E-state index contributed by atoms with van der Waals surface area (Å²) < 4.78 is 8.34. The quantitative estimate of drug-likeness (QED) is 0.321. The molecule has 1 aliphatic heterocycles. The average Bonchev–Trinajstić information content (AvgIpc) is 3.18. The van der Waals surface area contributed by atoms with Crippen LogP contribution in [0.25, 0.3) is 28.0 Å². The summed E-state index contributed by atoms with van der Waals surface area (Å²) in [5.74, 6) is 1.56. The topological polar surface area (TPSA) is 59.3 Å². The predicted octanol–water partition coefficient (Wildman–Crippen LogP) is 7.03. The first-order chi connectivity index (χ1) is 16.3. The fourth-order valence-electron chi connectivity index (χ4n) is 4.46. The van der Waals surface area contributed by atoms with E-state index in [4.69, 9.17) is 4.74 Å². The lowest BCUT2D eigenvalue weighted by molar-refractivity contribution is 0.499. The molecule has 2 N–H and O–H groups in total. The van der Waals surface area contributed by atoms with Crippen molar-refractivity contribution in [1.82, 2.24) is 9.78 Å². The number of nitrogens with one attached hydrogen (secondary N) is 1. The van der Waals surface area contributed by atoms with Crippen LogP contribution < -0.4 is 10.1 Å². The zero-order chi connectivity index (χ0) is 24.0. The number of hydrogen-bond donors (Lipinski definition) is 2. The fourth-order valence-corrected chi connectivity index (χ4v) is 4.46. The second-order valence-electron chi connectivity index (χ2n) is 8.80. The molecule has 0 radical (unpaired) electrons. The molecule has 1 aromatic heterocycles. The molecular weight excluding hydrogens is 422 g/mol. The van der Waals surface area contributed by atoms with Gasteiger partial charge in [-0.25, -0.2) is 0 Å². The molecule has 34 heavy (non-hydrogen) atoms. The summed E-state index contributed by atoms with van der Waals surface area (Å²) in [6.07, 6.45) is 3.98. The van der Waals surface area contributed by atoms with Gasteiger partial charge in [0.2, 0.25) is 0 Å². The van der Waals surface area contributed by atoms with E-state index in [0.29, 0.717) is 5.56 Å².